The van der Waals surface area contributed by atoms with Crippen LogP contribution in [0.3, 0.4) is 0 Å². The molecule has 0 unspecified atom stereocenters. The van der Waals surface area contributed by atoms with E-state index in [9.17, 15) is 4.79 Å². The molecule has 0 aliphatic carbocycles. The Morgan fingerprint density at radius 1 is 1.56 bits per heavy atom. The molecule has 0 spiro atoms. The SMILES string of the molecule is CCOC(=O)c1nc(N)sc1CCCOC. The maximum Gasteiger partial charge on any atom is 0.358 e. The highest BCUT2D eigenvalue weighted by Crippen LogP contribution is 2.22. The Kier molecular flexibility index (Phi) is 5.21. The van der Waals surface area contributed by atoms with Crippen molar-refractivity contribution in [1.82, 2.24) is 4.98 Å². The van der Waals surface area contributed by atoms with Crippen LogP contribution in [0.4, 0.5) is 5.13 Å². The van der Waals surface area contributed by atoms with Gasteiger partial charge in [0, 0.05) is 18.6 Å². The van der Waals surface area contributed by atoms with Crippen LogP contribution in [0.2, 0.25) is 0 Å². The molecule has 1 heterocycles. The number of hydrogen-bond acceptors (Lipinski definition) is 6. The zero-order valence-corrected chi connectivity index (χ0v) is 10.3. The fourth-order valence-corrected chi connectivity index (χ4v) is 2.14. The van der Waals surface area contributed by atoms with E-state index in [-0.39, 0.29) is 0 Å². The number of hydrogen-bond donors (Lipinski definition) is 1. The Labute approximate surface area is 98.6 Å². The minimum Gasteiger partial charge on any atom is -0.461 e. The standard InChI is InChI=1S/C10H16N2O3S/c1-3-15-9(13)8-7(5-4-6-14-2)16-10(11)12-8/h3-6H2,1-2H3,(H2,11,12). The number of methoxy groups -OCH3 is 1. The molecule has 1 aromatic rings. The van der Waals surface area contributed by atoms with Gasteiger partial charge in [0.05, 0.1) is 6.61 Å². The molecular weight excluding hydrogens is 228 g/mol. The normalized spacial score (nSPS) is 10.4. The first-order valence-corrected chi connectivity index (χ1v) is 5.92. The van der Waals surface area contributed by atoms with Crippen molar-refractivity contribution in [2.45, 2.75) is 19.8 Å². The lowest BCUT2D eigenvalue weighted by molar-refractivity contribution is 0.0519. The molecule has 0 aromatic carbocycles. The number of esters is 1. The van der Waals surface area contributed by atoms with Gasteiger partial charge in [0.25, 0.3) is 0 Å². The second-order valence-electron chi connectivity index (χ2n) is 3.14. The molecule has 1 rings (SSSR count). The van der Waals surface area contributed by atoms with Crippen LogP contribution in [0.25, 0.3) is 0 Å². The van der Waals surface area contributed by atoms with Crippen LogP contribution in [0.15, 0.2) is 0 Å². The lowest BCUT2D eigenvalue weighted by Gasteiger charge is -2.01. The number of thiazole rings is 1. The second kappa shape index (κ2) is 6.44. The number of rotatable bonds is 6. The Hall–Kier alpha value is -1.14. The topological polar surface area (TPSA) is 74.4 Å². The zero-order chi connectivity index (χ0) is 12.0. The van der Waals surface area contributed by atoms with Crippen LogP contribution >= 0.6 is 11.3 Å². The van der Waals surface area contributed by atoms with E-state index in [1.165, 1.54) is 11.3 Å². The first-order valence-electron chi connectivity index (χ1n) is 5.10. The van der Waals surface area contributed by atoms with Crippen LogP contribution in [0.1, 0.15) is 28.7 Å². The van der Waals surface area contributed by atoms with Gasteiger partial charge in [0.2, 0.25) is 0 Å². The van der Waals surface area contributed by atoms with Gasteiger partial charge in [-0.05, 0) is 19.8 Å². The van der Waals surface area contributed by atoms with E-state index in [0.29, 0.717) is 24.0 Å². The van der Waals surface area contributed by atoms with Gasteiger partial charge in [-0.25, -0.2) is 9.78 Å². The summed E-state index contributed by atoms with van der Waals surface area (Å²) < 4.78 is 9.86. The molecule has 1 aromatic heterocycles. The van der Waals surface area contributed by atoms with Crippen LogP contribution in [0, 0.1) is 0 Å². The lowest BCUT2D eigenvalue weighted by atomic mass is 10.2. The lowest BCUT2D eigenvalue weighted by Crippen LogP contribution is -2.08. The summed E-state index contributed by atoms with van der Waals surface area (Å²) in [6.07, 6.45) is 1.57. The minimum absolute atomic E-state index is 0.341. The number of aromatic nitrogens is 1. The molecule has 2 N–H and O–H groups in total. The summed E-state index contributed by atoms with van der Waals surface area (Å²) in [6, 6.07) is 0. The smallest absolute Gasteiger partial charge is 0.358 e. The highest BCUT2D eigenvalue weighted by Gasteiger charge is 2.17. The van der Waals surface area contributed by atoms with Gasteiger partial charge in [0.15, 0.2) is 10.8 Å². The molecule has 16 heavy (non-hydrogen) atoms. The Morgan fingerprint density at radius 3 is 2.94 bits per heavy atom. The first-order chi connectivity index (χ1) is 7.69. The van der Waals surface area contributed by atoms with Crippen LogP contribution < -0.4 is 5.73 Å². The van der Waals surface area contributed by atoms with E-state index in [2.05, 4.69) is 4.98 Å². The van der Waals surface area contributed by atoms with Gasteiger partial charge < -0.3 is 15.2 Å². The largest absolute Gasteiger partial charge is 0.461 e. The summed E-state index contributed by atoms with van der Waals surface area (Å²) in [5.74, 6) is -0.400. The number of nitrogen functional groups attached to an aromatic ring is 1. The third-order valence-electron chi connectivity index (χ3n) is 1.93. The molecule has 0 aliphatic rings. The van der Waals surface area contributed by atoms with E-state index in [0.717, 1.165) is 17.7 Å². The predicted molar refractivity (Wildman–Crippen MR) is 62.7 cm³/mol. The third-order valence-corrected chi connectivity index (χ3v) is 2.88. The quantitative estimate of drug-likeness (QED) is 0.606. The van der Waals surface area contributed by atoms with E-state index >= 15 is 0 Å². The molecule has 0 fully saturated rings. The molecule has 0 radical (unpaired) electrons. The Morgan fingerprint density at radius 2 is 2.31 bits per heavy atom. The number of ether oxygens (including phenoxy) is 2. The second-order valence-corrected chi connectivity index (χ2v) is 4.26. The van der Waals surface area contributed by atoms with E-state index < -0.39 is 5.97 Å². The van der Waals surface area contributed by atoms with Gasteiger partial charge >= 0.3 is 5.97 Å². The molecule has 0 bridgehead atoms. The average Bonchev–Trinajstić information content (AvgIpc) is 2.61. The van der Waals surface area contributed by atoms with Crippen LogP contribution in [-0.2, 0) is 15.9 Å². The number of carbonyl (C=O) groups excluding carboxylic acids is 1. The monoisotopic (exact) mass is 244 g/mol. The van der Waals surface area contributed by atoms with Crippen molar-refractivity contribution in [1.29, 1.82) is 0 Å². The molecule has 6 heteroatoms. The maximum absolute atomic E-state index is 11.5. The van der Waals surface area contributed by atoms with Gasteiger partial charge in [-0.15, -0.1) is 11.3 Å². The molecule has 90 valence electrons. The van der Waals surface area contributed by atoms with Crippen molar-refractivity contribution in [2.24, 2.45) is 0 Å². The van der Waals surface area contributed by atoms with Crippen LogP contribution in [0.5, 0.6) is 0 Å². The number of carbonyl (C=O) groups is 1. The highest BCUT2D eigenvalue weighted by molar-refractivity contribution is 7.15. The number of aryl methyl sites for hydroxylation is 1. The first kappa shape index (κ1) is 12.9. The Balaban J connectivity index is 2.70. The molecular formula is C10H16N2O3S. The summed E-state index contributed by atoms with van der Waals surface area (Å²) in [7, 11) is 1.65. The summed E-state index contributed by atoms with van der Waals surface area (Å²) in [5, 5.41) is 0.399. The van der Waals surface area contributed by atoms with Gasteiger partial charge in [-0.2, -0.15) is 0 Å². The third kappa shape index (κ3) is 3.46. The number of nitrogens with two attached hydrogens (primary N) is 1. The number of nitrogens with zero attached hydrogens (tertiary/aromatic N) is 1. The highest BCUT2D eigenvalue weighted by atomic mass is 32.1. The summed E-state index contributed by atoms with van der Waals surface area (Å²) in [6.45, 7) is 2.76. The zero-order valence-electron chi connectivity index (χ0n) is 9.49. The summed E-state index contributed by atoms with van der Waals surface area (Å²) >= 11 is 1.33. The van der Waals surface area contributed by atoms with Crippen molar-refractivity contribution in [3.8, 4) is 0 Å². The van der Waals surface area contributed by atoms with Crippen molar-refractivity contribution >= 4 is 22.4 Å². The average molecular weight is 244 g/mol. The minimum atomic E-state index is -0.400. The molecule has 0 aliphatic heterocycles. The van der Waals surface area contributed by atoms with E-state index in [4.69, 9.17) is 15.2 Å². The summed E-state index contributed by atoms with van der Waals surface area (Å²) in [4.78, 5) is 16.4. The van der Waals surface area contributed by atoms with Gasteiger partial charge in [0.1, 0.15) is 0 Å². The predicted octanol–water partition coefficient (Wildman–Crippen LogP) is 1.48. The fraction of sp³-hybridized carbons (Fsp3) is 0.600. The number of anilines is 1. The van der Waals surface area contributed by atoms with E-state index in [1.807, 2.05) is 0 Å². The molecule has 0 atom stereocenters. The van der Waals surface area contributed by atoms with Crippen molar-refractivity contribution < 1.29 is 14.3 Å². The summed E-state index contributed by atoms with van der Waals surface area (Å²) in [5.41, 5.74) is 5.93. The van der Waals surface area contributed by atoms with Crippen molar-refractivity contribution in [3.63, 3.8) is 0 Å². The molecule has 0 amide bonds. The molecule has 5 nitrogen and oxygen atoms in total. The van der Waals surface area contributed by atoms with Crippen molar-refractivity contribution in [2.75, 3.05) is 26.1 Å². The van der Waals surface area contributed by atoms with Crippen LogP contribution in [-0.4, -0.2) is 31.3 Å². The van der Waals surface area contributed by atoms with Gasteiger partial charge in [-0.3, -0.25) is 0 Å². The molecule has 0 saturated carbocycles. The Bertz CT molecular complexity index is 352. The molecule has 0 saturated heterocycles. The van der Waals surface area contributed by atoms with E-state index in [1.54, 1.807) is 14.0 Å². The van der Waals surface area contributed by atoms with Gasteiger partial charge in [-0.1, -0.05) is 0 Å². The maximum atomic E-state index is 11.5. The van der Waals surface area contributed by atoms with Crippen molar-refractivity contribution in [3.05, 3.63) is 10.6 Å². The fourth-order valence-electron chi connectivity index (χ4n) is 1.28.